The molecule has 1 aromatic carbocycles. The van der Waals surface area contributed by atoms with Crippen molar-refractivity contribution in [3.05, 3.63) is 27.7 Å². The molecule has 0 saturated heterocycles. The molecule has 2 nitrogen and oxygen atoms in total. The number of carbonyl (C=O) groups excluding carboxylic acids is 1. The number of hydrogen-bond donors (Lipinski definition) is 0. The monoisotopic (exact) mass is 314 g/mol. The Balaban J connectivity index is 2.32. The van der Waals surface area contributed by atoms with Gasteiger partial charge in [0.05, 0.1) is 16.7 Å². The zero-order chi connectivity index (χ0) is 14.8. The number of rotatable bonds is 4. The van der Waals surface area contributed by atoms with Crippen molar-refractivity contribution in [2.75, 3.05) is 6.61 Å². The smallest absolute Gasteiger partial charge is 0.170 e. The summed E-state index contributed by atoms with van der Waals surface area (Å²) in [7, 11) is 0. The van der Waals surface area contributed by atoms with Crippen molar-refractivity contribution in [2.24, 2.45) is 5.41 Å². The molecule has 0 bridgehead atoms. The van der Waals surface area contributed by atoms with E-state index < -0.39 is 0 Å². The van der Waals surface area contributed by atoms with Crippen LogP contribution in [0.4, 0.5) is 0 Å². The van der Waals surface area contributed by atoms with Crippen molar-refractivity contribution in [1.82, 2.24) is 0 Å². The molecule has 1 aliphatic carbocycles. The van der Waals surface area contributed by atoms with Crippen LogP contribution in [0.2, 0.25) is 10.0 Å². The molecule has 4 heteroatoms. The van der Waals surface area contributed by atoms with Crippen LogP contribution >= 0.6 is 23.2 Å². The second-order valence-corrected chi connectivity index (χ2v) is 6.46. The summed E-state index contributed by atoms with van der Waals surface area (Å²) < 4.78 is 5.40. The van der Waals surface area contributed by atoms with E-state index >= 15 is 0 Å². The van der Waals surface area contributed by atoms with Crippen LogP contribution in [0.15, 0.2) is 12.1 Å². The lowest BCUT2D eigenvalue weighted by molar-refractivity contribution is 0.0749. The van der Waals surface area contributed by atoms with Crippen molar-refractivity contribution in [3.63, 3.8) is 0 Å². The maximum Gasteiger partial charge on any atom is 0.170 e. The van der Waals surface area contributed by atoms with Gasteiger partial charge >= 0.3 is 0 Å². The van der Waals surface area contributed by atoms with Crippen LogP contribution < -0.4 is 4.74 Å². The van der Waals surface area contributed by atoms with E-state index in [9.17, 15) is 4.79 Å². The highest BCUT2D eigenvalue weighted by molar-refractivity contribution is 6.37. The minimum atomic E-state index is -0.307. The van der Waals surface area contributed by atoms with E-state index in [4.69, 9.17) is 27.9 Å². The Morgan fingerprint density at radius 3 is 2.45 bits per heavy atom. The summed E-state index contributed by atoms with van der Waals surface area (Å²) in [6.07, 6.45) is 5.26. The van der Waals surface area contributed by atoms with Gasteiger partial charge in [-0.2, -0.15) is 0 Å². The van der Waals surface area contributed by atoms with Crippen LogP contribution in [0.25, 0.3) is 0 Å². The molecule has 1 fully saturated rings. The number of benzene rings is 1. The van der Waals surface area contributed by atoms with Gasteiger partial charge in [0, 0.05) is 17.0 Å². The van der Waals surface area contributed by atoms with Gasteiger partial charge in [-0.25, -0.2) is 0 Å². The van der Waals surface area contributed by atoms with Gasteiger partial charge in [-0.3, -0.25) is 4.79 Å². The lowest BCUT2D eigenvalue weighted by Gasteiger charge is -2.32. The van der Waals surface area contributed by atoms with Crippen molar-refractivity contribution in [2.45, 2.75) is 46.0 Å². The van der Waals surface area contributed by atoms with Crippen LogP contribution in [0.5, 0.6) is 5.75 Å². The largest absolute Gasteiger partial charge is 0.492 e. The van der Waals surface area contributed by atoms with Gasteiger partial charge in [-0.15, -0.1) is 0 Å². The van der Waals surface area contributed by atoms with Crippen molar-refractivity contribution >= 4 is 29.0 Å². The molecule has 0 N–H and O–H groups in total. The second kappa shape index (κ2) is 6.36. The minimum Gasteiger partial charge on any atom is -0.492 e. The second-order valence-electron chi connectivity index (χ2n) is 5.65. The summed E-state index contributed by atoms with van der Waals surface area (Å²) in [5, 5.41) is 0.869. The first-order valence-electron chi connectivity index (χ1n) is 7.14. The molecule has 110 valence electrons. The predicted molar refractivity (Wildman–Crippen MR) is 83.2 cm³/mol. The zero-order valence-electron chi connectivity index (χ0n) is 12.0. The van der Waals surface area contributed by atoms with E-state index in [0.29, 0.717) is 28.0 Å². The first-order valence-corrected chi connectivity index (χ1v) is 7.90. The molecule has 1 aliphatic rings. The Hall–Kier alpha value is -0.730. The van der Waals surface area contributed by atoms with Crippen LogP contribution in [-0.4, -0.2) is 12.4 Å². The molecule has 0 amide bonds. The zero-order valence-corrected chi connectivity index (χ0v) is 13.5. The summed E-state index contributed by atoms with van der Waals surface area (Å²) in [5.41, 5.74) is 0.211. The first kappa shape index (κ1) is 15.7. The Morgan fingerprint density at radius 2 is 1.85 bits per heavy atom. The molecule has 1 saturated carbocycles. The van der Waals surface area contributed by atoms with Gasteiger partial charge in [0.15, 0.2) is 5.78 Å². The third-order valence-corrected chi connectivity index (χ3v) is 4.68. The summed E-state index contributed by atoms with van der Waals surface area (Å²) >= 11 is 12.4. The van der Waals surface area contributed by atoms with Crippen molar-refractivity contribution < 1.29 is 9.53 Å². The van der Waals surface area contributed by atoms with E-state index in [0.717, 1.165) is 25.7 Å². The fourth-order valence-corrected chi connectivity index (χ4v) is 3.31. The minimum absolute atomic E-state index is 0.104. The van der Waals surface area contributed by atoms with E-state index in [1.54, 1.807) is 12.1 Å². The molecule has 2 rings (SSSR count). The Labute approximate surface area is 130 Å². The third-order valence-electron chi connectivity index (χ3n) is 4.07. The summed E-state index contributed by atoms with van der Waals surface area (Å²) in [6, 6.07) is 3.30. The molecule has 20 heavy (non-hydrogen) atoms. The molecular formula is C16H20Cl2O2. The van der Waals surface area contributed by atoms with Gasteiger partial charge < -0.3 is 4.74 Å². The normalized spacial score (nSPS) is 17.8. The SMILES string of the molecule is CCOc1cc(Cl)c(C(=O)C2(C)CCCCC2)cc1Cl. The summed E-state index contributed by atoms with van der Waals surface area (Å²) in [4.78, 5) is 12.8. The van der Waals surface area contributed by atoms with Gasteiger partial charge in [0.25, 0.3) is 0 Å². The summed E-state index contributed by atoms with van der Waals surface area (Å²) in [6.45, 7) is 4.43. The van der Waals surface area contributed by atoms with Gasteiger partial charge in [0.2, 0.25) is 0 Å². The average molecular weight is 315 g/mol. The third kappa shape index (κ3) is 3.12. The highest BCUT2D eigenvalue weighted by Crippen LogP contribution is 2.41. The fraction of sp³-hybridized carbons (Fsp3) is 0.562. The van der Waals surface area contributed by atoms with Gasteiger partial charge in [0.1, 0.15) is 5.75 Å². The van der Waals surface area contributed by atoms with E-state index in [1.165, 1.54) is 6.42 Å². The number of hydrogen-bond acceptors (Lipinski definition) is 2. The highest BCUT2D eigenvalue weighted by atomic mass is 35.5. The number of Topliss-reactive ketones (excluding diaryl/α,β-unsaturated/α-hetero) is 1. The lowest BCUT2D eigenvalue weighted by Crippen LogP contribution is -2.30. The predicted octanol–water partition coefficient (Wildman–Crippen LogP) is 5.55. The molecule has 0 radical (unpaired) electrons. The fourth-order valence-electron chi connectivity index (χ4n) is 2.85. The Morgan fingerprint density at radius 1 is 1.20 bits per heavy atom. The maximum absolute atomic E-state index is 12.8. The van der Waals surface area contributed by atoms with E-state index in [2.05, 4.69) is 0 Å². The van der Waals surface area contributed by atoms with Crippen LogP contribution in [0, 0.1) is 5.41 Å². The lowest BCUT2D eigenvalue weighted by atomic mass is 9.71. The van der Waals surface area contributed by atoms with Crippen LogP contribution in [0.3, 0.4) is 0 Å². The topological polar surface area (TPSA) is 26.3 Å². The number of carbonyl (C=O) groups is 1. The standard InChI is InChI=1S/C16H20Cl2O2/c1-3-20-14-10-12(17)11(9-13(14)18)15(19)16(2)7-5-4-6-8-16/h9-10H,3-8H2,1-2H3. The quantitative estimate of drug-likeness (QED) is 0.681. The Kier molecular flexibility index (Phi) is 4.98. The molecular weight excluding hydrogens is 295 g/mol. The first-order chi connectivity index (χ1) is 9.48. The Bertz CT molecular complexity index is 505. The number of ketones is 1. The number of halogens is 2. The maximum atomic E-state index is 12.8. The van der Waals surface area contributed by atoms with Crippen LogP contribution in [0.1, 0.15) is 56.3 Å². The molecule has 0 spiro atoms. The highest BCUT2D eigenvalue weighted by Gasteiger charge is 2.36. The van der Waals surface area contributed by atoms with Crippen LogP contribution in [-0.2, 0) is 0 Å². The van der Waals surface area contributed by atoms with Crippen molar-refractivity contribution in [1.29, 1.82) is 0 Å². The molecule has 0 unspecified atom stereocenters. The molecule has 0 aromatic heterocycles. The molecule has 0 atom stereocenters. The van der Waals surface area contributed by atoms with Crippen molar-refractivity contribution in [3.8, 4) is 5.75 Å². The molecule has 1 aromatic rings. The number of ether oxygens (including phenoxy) is 1. The van der Waals surface area contributed by atoms with E-state index in [-0.39, 0.29) is 11.2 Å². The molecule has 0 heterocycles. The van der Waals surface area contributed by atoms with Gasteiger partial charge in [-0.05, 0) is 25.8 Å². The van der Waals surface area contributed by atoms with Gasteiger partial charge in [-0.1, -0.05) is 49.4 Å². The summed E-state index contributed by atoms with van der Waals surface area (Å²) in [5.74, 6) is 0.636. The average Bonchev–Trinajstić information content (AvgIpc) is 2.43. The molecule has 0 aliphatic heterocycles. The van der Waals surface area contributed by atoms with E-state index in [1.807, 2.05) is 13.8 Å².